The Balaban J connectivity index is 2.04. The molecule has 2 heterocycles. The highest BCUT2D eigenvalue weighted by atomic mass is 32.2. The number of H-pyrrole nitrogens is 2. The second-order valence-electron chi connectivity index (χ2n) is 4.69. The molecule has 0 aliphatic rings. The number of aromatic nitrogens is 3. The number of rotatable bonds is 4. The number of nitrogens with zero attached hydrogens (tertiary/aromatic N) is 1. The predicted octanol–water partition coefficient (Wildman–Crippen LogP) is 1.84. The van der Waals surface area contributed by atoms with Crippen LogP contribution in [0.25, 0.3) is 10.9 Å². The lowest BCUT2D eigenvalue weighted by Gasteiger charge is -2.06. The third kappa shape index (κ3) is 2.33. The van der Waals surface area contributed by atoms with Crippen LogP contribution in [-0.4, -0.2) is 23.6 Å². The molecule has 110 valence electrons. The van der Waals surface area contributed by atoms with Gasteiger partial charge in [0.1, 0.15) is 10.7 Å². The maximum absolute atomic E-state index is 12.5. The Morgan fingerprint density at radius 1 is 1.38 bits per heavy atom. The third-order valence-electron chi connectivity index (χ3n) is 3.29. The molecule has 0 atom stereocenters. The van der Waals surface area contributed by atoms with Gasteiger partial charge in [-0.1, -0.05) is 6.92 Å². The zero-order valence-electron chi connectivity index (χ0n) is 11.3. The summed E-state index contributed by atoms with van der Waals surface area (Å²) in [6.45, 7) is 1.93. The molecule has 5 N–H and O–H groups in total. The van der Waals surface area contributed by atoms with Crippen LogP contribution >= 0.6 is 0 Å². The average molecular weight is 305 g/mol. The van der Waals surface area contributed by atoms with Gasteiger partial charge < -0.3 is 10.7 Å². The van der Waals surface area contributed by atoms with Crippen LogP contribution in [0, 0.1) is 0 Å². The quantitative estimate of drug-likeness (QED) is 0.550. The number of aromatic amines is 2. The summed E-state index contributed by atoms with van der Waals surface area (Å²) in [7, 11) is -3.71. The van der Waals surface area contributed by atoms with Crippen LogP contribution in [0.5, 0.6) is 0 Å². The summed E-state index contributed by atoms with van der Waals surface area (Å²) in [5.74, 6) is 0.391. The van der Waals surface area contributed by atoms with Gasteiger partial charge in [0.05, 0.1) is 6.20 Å². The lowest BCUT2D eigenvalue weighted by atomic mass is 10.2. The van der Waals surface area contributed by atoms with E-state index in [9.17, 15) is 8.42 Å². The number of anilines is 2. The molecule has 0 saturated carbocycles. The second kappa shape index (κ2) is 4.81. The van der Waals surface area contributed by atoms with E-state index in [-0.39, 0.29) is 4.90 Å². The minimum atomic E-state index is -3.71. The minimum Gasteiger partial charge on any atom is -0.399 e. The molecular weight excluding hydrogens is 290 g/mol. The number of sulfonamides is 1. The van der Waals surface area contributed by atoms with Crippen molar-refractivity contribution in [2.24, 2.45) is 0 Å². The van der Waals surface area contributed by atoms with Gasteiger partial charge in [0.25, 0.3) is 10.0 Å². The fourth-order valence-corrected chi connectivity index (χ4v) is 3.43. The van der Waals surface area contributed by atoms with E-state index in [0.717, 1.165) is 5.56 Å². The fraction of sp³-hybridized carbons (Fsp3) is 0.154. The molecule has 0 bridgehead atoms. The topological polar surface area (TPSA) is 117 Å². The first-order valence-electron chi connectivity index (χ1n) is 6.43. The van der Waals surface area contributed by atoms with E-state index in [1.807, 2.05) is 6.92 Å². The predicted molar refractivity (Wildman–Crippen MR) is 81.5 cm³/mol. The summed E-state index contributed by atoms with van der Waals surface area (Å²) in [5.41, 5.74) is 7.75. The summed E-state index contributed by atoms with van der Waals surface area (Å²) in [6, 6.07) is 5.05. The van der Waals surface area contributed by atoms with E-state index in [1.54, 1.807) is 24.4 Å². The van der Waals surface area contributed by atoms with Gasteiger partial charge in [0.15, 0.2) is 0 Å². The fourth-order valence-electron chi connectivity index (χ4n) is 2.20. The van der Waals surface area contributed by atoms with Crippen LogP contribution in [0.4, 0.5) is 11.5 Å². The Morgan fingerprint density at radius 3 is 2.95 bits per heavy atom. The summed E-state index contributed by atoms with van der Waals surface area (Å²) < 4.78 is 27.6. The largest absolute Gasteiger partial charge is 0.399 e. The van der Waals surface area contributed by atoms with Gasteiger partial charge in [0, 0.05) is 28.4 Å². The van der Waals surface area contributed by atoms with E-state index in [0.29, 0.717) is 28.8 Å². The van der Waals surface area contributed by atoms with E-state index >= 15 is 0 Å². The van der Waals surface area contributed by atoms with Crippen molar-refractivity contribution in [3.8, 4) is 0 Å². The molecule has 0 saturated heterocycles. The van der Waals surface area contributed by atoms with E-state index in [2.05, 4.69) is 19.9 Å². The Kier molecular flexibility index (Phi) is 3.09. The normalized spacial score (nSPS) is 11.9. The monoisotopic (exact) mass is 305 g/mol. The molecule has 0 aliphatic heterocycles. The molecule has 7 nitrogen and oxygen atoms in total. The van der Waals surface area contributed by atoms with Crippen LogP contribution in [0.2, 0.25) is 0 Å². The molecule has 8 heteroatoms. The second-order valence-corrected chi connectivity index (χ2v) is 6.34. The van der Waals surface area contributed by atoms with E-state index < -0.39 is 10.0 Å². The van der Waals surface area contributed by atoms with Crippen LogP contribution in [-0.2, 0) is 16.4 Å². The van der Waals surface area contributed by atoms with Crippen LogP contribution in [0.1, 0.15) is 12.5 Å². The van der Waals surface area contributed by atoms with Crippen molar-refractivity contribution in [1.29, 1.82) is 0 Å². The molecule has 3 aromatic rings. The molecule has 0 fully saturated rings. The molecule has 0 spiro atoms. The molecule has 21 heavy (non-hydrogen) atoms. The first-order valence-corrected chi connectivity index (χ1v) is 7.91. The highest BCUT2D eigenvalue weighted by Gasteiger charge is 2.20. The Hall–Kier alpha value is -2.48. The van der Waals surface area contributed by atoms with Gasteiger partial charge in [-0.25, -0.2) is 8.42 Å². The highest BCUT2D eigenvalue weighted by molar-refractivity contribution is 7.93. The van der Waals surface area contributed by atoms with Gasteiger partial charge in [-0.05, 0) is 24.6 Å². The summed E-state index contributed by atoms with van der Waals surface area (Å²) in [6.07, 6.45) is 3.74. The standard InChI is InChI=1S/C13H15N5O2S/c1-2-8-6-16-17-13(8)18-21(19,20)12-7-15-11-5-9(14)3-4-10(11)12/h3-7,15H,2,14H2,1H3,(H2,16,17,18). The summed E-state index contributed by atoms with van der Waals surface area (Å²) in [5, 5.41) is 7.11. The maximum Gasteiger partial charge on any atom is 0.265 e. The number of aryl methyl sites for hydroxylation is 1. The average Bonchev–Trinajstić information content (AvgIpc) is 3.04. The summed E-state index contributed by atoms with van der Waals surface area (Å²) in [4.78, 5) is 3.09. The Labute approximate surface area is 121 Å². The van der Waals surface area contributed by atoms with Crippen molar-refractivity contribution in [2.75, 3.05) is 10.5 Å². The summed E-state index contributed by atoms with van der Waals surface area (Å²) >= 11 is 0. The minimum absolute atomic E-state index is 0.175. The molecular formula is C13H15N5O2S. The van der Waals surface area contributed by atoms with Crippen molar-refractivity contribution in [2.45, 2.75) is 18.2 Å². The number of hydrogen-bond acceptors (Lipinski definition) is 4. The Morgan fingerprint density at radius 2 is 2.19 bits per heavy atom. The molecule has 3 rings (SSSR count). The number of nitrogen functional groups attached to an aromatic ring is 1. The molecule has 0 radical (unpaired) electrons. The van der Waals surface area contributed by atoms with Gasteiger partial charge in [-0.15, -0.1) is 0 Å². The number of nitrogens with two attached hydrogens (primary N) is 1. The zero-order valence-corrected chi connectivity index (χ0v) is 12.2. The van der Waals surface area contributed by atoms with Gasteiger partial charge >= 0.3 is 0 Å². The maximum atomic E-state index is 12.5. The first kappa shape index (κ1) is 13.5. The lowest BCUT2D eigenvalue weighted by molar-refractivity contribution is 0.602. The van der Waals surface area contributed by atoms with Crippen LogP contribution < -0.4 is 10.5 Å². The van der Waals surface area contributed by atoms with E-state index in [1.165, 1.54) is 6.20 Å². The first-order chi connectivity index (χ1) is 10.0. The van der Waals surface area contributed by atoms with Crippen molar-refractivity contribution in [3.63, 3.8) is 0 Å². The Bertz CT molecular complexity index is 894. The SMILES string of the molecule is CCc1cn[nH]c1NS(=O)(=O)c1c[nH]c2cc(N)ccc12. The lowest BCUT2D eigenvalue weighted by Crippen LogP contribution is -2.14. The third-order valence-corrected chi connectivity index (χ3v) is 4.68. The smallest absolute Gasteiger partial charge is 0.265 e. The molecule has 1 aromatic carbocycles. The van der Waals surface area contributed by atoms with Crippen molar-refractivity contribution in [1.82, 2.24) is 15.2 Å². The molecule has 0 aliphatic carbocycles. The molecule has 2 aromatic heterocycles. The van der Waals surface area contributed by atoms with E-state index in [4.69, 9.17) is 5.73 Å². The molecule has 0 amide bonds. The van der Waals surface area contributed by atoms with Gasteiger partial charge in [0.2, 0.25) is 0 Å². The van der Waals surface area contributed by atoms with Gasteiger partial charge in [-0.2, -0.15) is 5.10 Å². The van der Waals surface area contributed by atoms with Crippen molar-refractivity contribution < 1.29 is 8.42 Å². The zero-order chi connectivity index (χ0) is 15.0. The number of fused-ring (bicyclic) bond motifs is 1. The highest BCUT2D eigenvalue weighted by Crippen LogP contribution is 2.26. The van der Waals surface area contributed by atoms with Gasteiger partial charge in [-0.3, -0.25) is 9.82 Å². The number of hydrogen-bond donors (Lipinski definition) is 4. The number of benzene rings is 1. The number of nitrogens with one attached hydrogen (secondary N) is 3. The van der Waals surface area contributed by atoms with Crippen molar-refractivity contribution >= 4 is 32.4 Å². The van der Waals surface area contributed by atoms with Crippen LogP contribution in [0.3, 0.4) is 0 Å². The van der Waals surface area contributed by atoms with Crippen molar-refractivity contribution in [3.05, 3.63) is 36.2 Å². The van der Waals surface area contributed by atoms with Crippen LogP contribution in [0.15, 0.2) is 35.5 Å². The molecule has 0 unspecified atom stereocenters.